The molecule has 33 heavy (non-hydrogen) atoms. The second kappa shape index (κ2) is 9.81. The lowest BCUT2D eigenvalue weighted by Gasteiger charge is -2.08. The Balaban J connectivity index is 2.15. The van der Waals surface area contributed by atoms with Crippen molar-refractivity contribution in [1.29, 1.82) is 0 Å². The molecule has 0 unspecified atom stereocenters. The zero-order chi connectivity index (χ0) is 24.1. The first kappa shape index (κ1) is 23.3. The van der Waals surface area contributed by atoms with Gasteiger partial charge in [-0.05, 0) is 31.2 Å². The van der Waals surface area contributed by atoms with Crippen LogP contribution in [0.3, 0.4) is 0 Å². The number of non-ortho nitro benzene ring substituents is 1. The van der Waals surface area contributed by atoms with Crippen LogP contribution in [0.5, 0.6) is 11.5 Å². The van der Waals surface area contributed by atoms with Crippen molar-refractivity contribution in [3.05, 3.63) is 74.2 Å². The normalized spacial score (nSPS) is 11.2. The van der Waals surface area contributed by atoms with Gasteiger partial charge in [0.2, 0.25) is 0 Å². The SMILES string of the molecule is COC(=O)Cc1[nH]n(-c2ccc([N+](=O)[O-])cc2)c(=O)c1C(C)=Nc1cc(OC)ccc1OC. The van der Waals surface area contributed by atoms with Gasteiger partial charge < -0.3 is 14.2 Å². The number of nitro benzene ring substituents is 1. The molecule has 172 valence electrons. The second-order valence-corrected chi connectivity index (χ2v) is 6.87. The maximum atomic E-state index is 13.3. The fourth-order valence-electron chi connectivity index (χ4n) is 3.23. The van der Waals surface area contributed by atoms with Gasteiger partial charge in [-0.15, -0.1) is 0 Å². The third-order valence-electron chi connectivity index (χ3n) is 4.87. The number of H-pyrrole nitrogens is 1. The standard InChI is InChI=1S/C22H22N4O7/c1-13(23-17-11-16(31-2)9-10-19(17)32-3)21-18(12-20(27)33-4)24-25(22(21)28)14-5-7-15(8-6-14)26(29)30/h5-11,24H,12H2,1-4H3. The van der Waals surface area contributed by atoms with Gasteiger partial charge in [-0.25, -0.2) is 9.67 Å². The maximum absolute atomic E-state index is 13.3. The first-order chi connectivity index (χ1) is 15.8. The van der Waals surface area contributed by atoms with Gasteiger partial charge in [0.1, 0.15) is 17.2 Å². The molecule has 3 aromatic rings. The number of benzene rings is 2. The van der Waals surface area contributed by atoms with E-state index in [-0.39, 0.29) is 23.4 Å². The highest BCUT2D eigenvalue weighted by atomic mass is 16.6. The van der Waals surface area contributed by atoms with E-state index < -0.39 is 16.5 Å². The van der Waals surface area contributed by atoms with Gasteiger partial charge >= 0.3 is 5.97 Å². The van der Waals surface area contributed by atoms with Crippen LogP contribution in [-0.2, 0) is 16.0 Å². The smallest absolute Gasteiger partial charge is 0.311 e. The molecule has 0 aliphatic rings. The Morgan fingerprint density at radius 3 is 2.39 bits per heavy atom. The van der Waals surface area contributed by atoms with Crippen LogP contribution in [0.25, 0.3) is 5.69 Å². The molecule has 0 fully saturated rings. The number of hydrogen-bond acceptors (Lipinski definition) is 8. The summed E-state index contributed by atoms with van der Waals surface area (Å²) >= 11 is 0. The highest BCUT2D eigenvalue weighted by Gasteiger charge is 2.21. The van der Waals surface area contributed by atoms with Crippen molar-refractivity contribution < 1.29 is 23.9 Å². The number of carbonyl (C=O) groups is 1. The van der Waals surface area contributed by atoms with Crippen molar-refractivity contribution in [2.24, 2.45) is 4.99 Å². The lowest BCUT2D eigenvalue weighted by atomic mass is 10.1. The highest BCUT2D eigenvalue weighted by molar-refractivity contribution is 6.02. The highest BCUT2D eigenvalue weighted by Crippen LogP contribution is 2.32. The van der Waals surface area contributed by atoms with Gasteiger partial charge in [0.15, 0.2) is 0 Å². The summed E-state index contributed by atoms with van der Waals surface area (Å²) in [6, 6.07) is 10.5. The Bertz CT molecular complexity index is 1270. The predicted octanol–water partition coefficient (Wildman–Crippen LogP) is 2.95. The number of carbonyl (C=O) groups excluding carboxylic acids is 1. The van der Waals surface area contributed by atoms with Crippen LogP contribution in [-0.4, -0.2) is 47.7 Å². The van der Waals surface area contributed by atoms with E-state index in [0.29, 0.717) is 28.6 Å². The Labute approximate surface area is 188 Å². The number of rotatable bonds is 8. The molecule has 0 saturated heterocycles. The summed E-state index contributed by atoms with van der Waals surface area (Å²) in [5.41, 5.74) is 0.969. The fraction of sp³-hybridized carbons (Fsp3) is 0.227. The topological polar surface area (TPSA) is 138 Å². The summed E-state index contributed by atoms with van der Waals surface area (Å²) in [7, 11) is 4.26. The minimum absolute atomic E-state index is 0.115. The van der Waals surface area contributed by atoms with E-state index >= 15 is 0 Å². The van der Waals surface area contributed by atoms with E-state index in [4.69, 9.17) is 14.2 Å². The van der Waals surface area contributed by atoms with Crippen LogP contribution in [0.15, 0.2) is 52.3 Å². The molecule has 1 heterocycles. The number of aliphatic imine (C=N–C) groups is 1. The summed E-state index contributed by atoms with van der Waals surface area (Å²) < 4.78 is 16.5. The second-order valence-electron chi connectivity index (χ2n) is 6.87. The molecule has 0 atom stereocenters. The number of hydrogen-bond donors (Lipinski definition) is 1. The van der Waals surface area contributed by atoms with Gasteiger partial charge in [0.05, 0.1) is 55.3 Å². The van der Waals surface area contributed by atoms with Crippen LogP contribution in [0.1, 0.15) is 18.2 Å². The molecule has 11 nitrogen and oxygen atoms in total. The molecule has 11 heteroatoms. The van der Waals surface area contributed by atoms with Crippen molar-refractivity contribution in [2.45, 2.75) is 13.3 Å². The molecule has 0 aliphatic heterocycles. The zero-order valence-corrected chi connectivity index (χ0v) is 18.4. The quantitative estimate of drug-likeness (QED) is 0.239. The molecule has 3 rings (SSSR count). The van der Waals surface area contributed by atoms with Gasteiger partial charge in [0, 0.05) is 18.2 Å². The average molecular weight is 454 g/mol. The van der Waals surface area contributed by atoms with Crippen molar-refractivity contribution in [3.63, 3.8) is 0 Å². The van der Waals surface area contributed by atoms with Crippen LogP contribution in [0, 0.1) is 10.1 Å². The number of aromatic nitrogens is 2. The Hall–Kier alpha value is -4.41. The molecule has 0 amide bonds. The number of nitrogens with zero attached hydrogens (tertiary/aromatic N) is 3. The molecule has 0 spiro atoms. The molecule has 1 aromatic heterocycles. The van der Waals surface area contributed by atoms with Gasteiger partial charge in [-0.3, -0.25) is 24.8 Å². The molecule has 2 aromatic carbocycles. The fourth-order valence-corrected chi connectivity index (χ4v) is 3.23. The number of aromatic amines is 1. The van der Waals surface area contributed by atoms with Crippen molar-refractivity contribution in [3.8, 4) is 17.2 Å². The van der Waals surface area contributed by atoms with E-state index in [1.54, 1.807) is 25.1 Å². The summed E-state index contributed by atoms with van der Waals surface area (Å²) in [4.78, 5) is 40.2. The van der Waals surface area contributed by atoms with E-state index in [9.17, 15) is 19.7 Å². The maximum Gasteiger partial charge on any atom is 0.311 e. The number of nitrogens with one attached hydrogen (secondary N) is 1. The van der Waals surface area contributed by atoms with Gasteiger partial charge in [-0.1, -0.05) is 0 Å². The molecule has 0 bridgehead atoms. The van der Waals surface area contributed by atoms with Crippen LogP contribution >= 0.6 is 0 Å². The third-order valence-corrected chi connectivity index (χ3v) is 4.87. The summed E-state index contributed by atoms with van der Waals surface area (Å²) in [6.45, 7) is 1.63. The van der Waals surface area contributed by atoms with Crippen molar-refractivity contribution in [1.82, 2.24) is 9.78 Å². The number of ether oxygens (including phenoxy) is 3. The monoisotopic (exact) mass is 454 g/mol. The molecule has 0 radical (unpaired) electrons. The first-order valence-corrected chi connectivity index (χ1v) is 9.72. The molecular weight excluding hydrogens is 432 g/mol. The lowest BCUT2D eigenvalue weighted by molar-refractivity contribution is -0.384. The average Bonchev–Trinajstić information content (AvgIpc) is 3.14. The van der Waals surface area contributed by atoms with E-state index in [2.05, 4.69) is 10.1 Å². The number of methoxy groups -OCH3 is 3. The van der Waals surface area contributed by atoms with E-state index in [0.717, 1.165) is 0 Å². The van der Waals surface area contributed by atoms with Crippen LogP contribution in [0.2, 0.25) is 0 Å². The zero-order valence-electron chi connectivity index (χ0n) is 18.4. The van der Waals surface area contributed by atoms with Crippen molar-refractivity contribution >= 4 is 23.1 Å². The van der Waals surface area contributed by atoms with Crippen LogP contribution in [0.4, 0.5) is 11.4 Å². The Kier molecular flexibility index (Phi) is 6.91. The summed E-state index contributed by atoms with van der Waals surface area (Å²) in [6.07, 6.45) is -0.205. The molecule has 0 aliphatic carbocycles. The van der Waals surface area contributed by atoms with E-state index in [1.807, 2.05) is 0 Å². The minimum Gasteiger partial charge on any atom is -0.497 e. The summed E-state index contributed by atoms with van der Waals surface area (Å²) in [5, 5.41) is 13.8. The number of nitro groups is 1. The van der Waals surface area contributed by atoms with Crippen molar-refractivity contribution in [2.75, 3.05) is 21.3 Å². The van der Waals surface area contributed by atoms with Crippen LogP contribution < -0.4 is 15.0 Å². The third kappa shape index (κ3) is 4.92. The molecular formula is C22H22N4O7. The summed E-state index contributed by atoms with van der Waals surface area (Å²) in [5.74, 6) is 0.463. The Morgan fingerprint density at radius 2 is 1.82 bits per heavy atom. The minimum atomic E-state index is -0.555. The first-order valence-electron chi connectivity index (χ1n) is 9.72. The van der Waals surface area contributed by atoms with Gasteiger partial charge in [0.25, 0.3) is 11.2 Å². The predicted molar refractivity (Wildman–Crippen MR) is 120 cm³/mol. The van der Waals surface area contributed by atoms with Gasteiger partial charge in [-0.2, -0.15) is 0 Å². The molecule has 1 N–H and O–H groups in total. The number of esters is 1. The molecule has 0 saturated carbocycles. The lowest BCUT2D eigenvalue weighted by Crippen LogP contribution is -2.20. The van der Waals surface area contributed by atoms with E-state index in [1.165, 1.54) is 50.3 Å². The largest absolute Gasteiger partial charge is 0.497 e. The Morgan fingerprint density at radius 1 is 1.12 bits per heavy atom.